The maximum atomic E-state index is 9.45. The number of furan rings is 1. The molecule has 6 aromatic rings. The van der Waals surface area contributed by atoms with Gasteiger partial charge in [-0.2, -0.15) is 5.26 Å². The lowest BCUT2D eigenvalue weighted by Crippen LogP contribution is -1.94. The number of aromatic nitrogens is 1. The van der Waals surface area contributed by atoms with Crippen molar-refractivity contribution >= 4 is 49.4 Å². The van der Waals surface area contributed by atoms with Gasteiger partial charge in [-0.1, -0.05) is 36.4 Å². The topological polar surface area (TPSA) is 46.2 Å². The molecule has 0 spiro atoms. The molecule has 0 atom stereocenters. The third kappa shape index (κ3) is 2.13. The summed E-state index contributed by atoms with van der Waals surface area (Å²) in [6.45, 7) is 7.42. The molecule has 0 saturated heterocycles. The number of nitriles is 1. The molecule has 2 heterocycles. The van der Waals surface area contributed by atoms with Crippen LogP contribution in [0.5, 0.6) is 0 Å². The van der Waals surface area contributed by atoms with E-state index < -0.39 is 0 Å². The Labute approximate surface area is 171 Å². The van der Waals surface area contributed by atoms with Crippen LogP contribution in [0.3, 0.4) is 0 Å². The predicted molar refractivity (Wildman–Crippen MR) is 119 cm³/mol. The molecule has 0 bridgehead atoms. The Kier molecular flexibility index (Phi) is 3.27. The highest BCUT2D eigenvalue weighted by Crippen LogP contribution is 2.40. The van der Waals surface area contributed by atoms with Crippen LogP contribution in [0.25, 0.3) is 54.3 Å². The van der Waals surface area contributed by atoms with Crippen molar-refractivity contribution in [2.75, 3.05) is 0 Å². The number of benzene rings is 4. The van der Waals surface area contributed by atoms with Gasteiger partial charge in [-0.3, -0.25) is 0 Å². The number of hydrogen-bond donors (Lipinski definition) is 0. The van der Waals surface area contributed by atoms with E-state index in [1.54, 1.807) is 6.07 Å². The van der Waals surface area contributed by atoms with Gasteiger partial charge >= 0.3 is 0 Å². The molecule has 0 aliphatic rings. The van der Waals surface area contributed by atoms with Crippen LogP contribution in [0.1, 0.15) is 5.56 Å². The summed E-state index contributed by atoms with van der Waals surface area (Å²) in [4.78, 5) is 3.56. The van der Waals surface area contributed by atoms with Crippen LogP contribution in [0.2, 0.25) is 0 Å². The second kappa shape index (κ2) is 5.98. The molecule has 2 aromatic heterocycles. The van der Waals surface area contributed by atoms with Crippen molar-refractivity contribution in [3.8, 4) is 11.8 Å². The van der Waals surface area contributed by atoms with Crippen molar-refractivity contribution < 1.29 is 4.42 Å². The molecule has 4 heteroatoms. The van der Waals surface area contributed by atoms with E-state index in [2.05, 4.69) is 45.8 Å². The number of rotatable bonds is 1. The highest BCUT2D eigenvalue weighted by Gasteiger charge is 2.18. The maximum Gasteiger partial charge on any atom is 0.190 e. The summed E-state index contributed by atoms with van der Waals surface area (Å²) in [5.41, 5.74) is 5.40. The molecule has 4 nitrogen and oxygen atoms in total. The van der Waals surface area contributed by atoms with E-state index in [-0.39, 0.29) is 0 Å². The fourth-order valence-corrected chi connectivity index (χ4v) is 4.37. The van der Waals surface area contributed by atoms with Crippen LogP contribution >= 0.6 is 0 Å². The van der Waals surface area contributed by atoms with E-state index in [4.69, 9.17) is 11.0 Å². The molecule has 0 fully saturated rings. The average molecular weight is 383 g/mol. The van der Waals surface area contributed by atoms with Crippen molar-refractivity contribution in [1.29, 1.82) is 5.26 Å². The van der Waals surface area contributed by atoms with Crippen molar-refractivity contribution in [3.63, 3.8) is 0 Å². The SMILES string of the molecule is [C-]#[N+]c1cc(C#N)cc(-n2c3ccccc3c3c4oc5ccccc5c4ccc32)c1. The summed E-state index contributed by atoms with van der Waals surface area (Å²) in [6, 6.07) is 27.8. The van der Waals surface area contributed by atoms with Crippen LogP contribution < -0.4 is 0 Å². The third-order valence-corrected chi connectivity index (χ3v) is 5.60. The van der Waals surface area contributed by atoms with Gasteiger partial charge in [0.15, 0.2) is 5.69 Å². The smallest absolute Gasteiger partial charge is 0.190 e. The zero-order chi connectivity index (χ0) is 20.2. The van der Waals surface area contributed by atoms with Gasteiger partial charge in [0.25, 0.3) is 0 Å². The van der Waals surface area contributed by atoms with Crippen molar-refractivity contribution in [1.82, 2.24) is 4.57 Å². The molecular weight excluding hydrogens is 370 g/mol. The molecule has 0 saturated carbocycles. The molecule has 138 valence electrons. The first-order valence-corrected chi connectivity index (χ1v) is 9.55. The summed E-state index contributed by atoms with van der Waals surface area (Å²) in [6.07, 6.45) is 0. The molecular formula is C26H13N3O. The highest BCUT2D eigenvalue weighted by atomic mass is 16.3. The quantitative estimate of drug-likeness (QED) is 0.284. The van der Waals surface area contributed by atoms with Crippen molar-refractivity contribution in [2.24, 2.45) is 0 Å². The second-order valence-corrected chi connectivity index (χ2v) is 7.25. The van der Waals surface area contributed by atoms with Crippen LogP contribution in [0, 0.1) is 17.9 Å². The van der Waals surface area contributed by atoms with Crippen LogP contribution in [0.15, 0.2) is 83.3 Å². The molecule has 0 aliphatic carbocycles. The Bertz CT molecular complexity index is 1690. The zero-order valence-electron chi connectivity index (χ0n) is 15.8. The van der Waals surface area contributed by atoms with Crippen molar-refractivity contribution in [2.45, 2.75) is 0 Å². The van der Waals surface area contributed by atoms with E-state index in [0.717, 1.165) is 49.4 Å². The first-order chi connectivity index (χ1) is 14.8. The fraction of sp³-hybridized carbons (Fsp3) is 0. The van der Waals surface area contributed by atoms with E-state index in [1.165, 1.54) is 0 Å². The Morgan fingerprint density at radius 3 is 2.47 bits per heavy atom. The number of nitrogens with zero attached hydrogens (tertiary/aromatic N) is 3. The van der Waals surface area contributed by atoms with Gasteiger partial charge in [-0.25, -0.2) is 4.85 Å². The molecule has 0 aliphatic heterocycles. The molecule has 30 heavy (non-hydrogen) atoms. The first kappa shape index (κ1) is 16.4. The Morgan fingerprint density at radius 2 is 1.63 bits per heavy atom. The molecule has 6 rings (SSSR count). The largest absolute Gasteiger partial charge is 0.455 e. The molecule has 0 unspecified atom stereocenters. The van der Waals surface area contributed by atoms with Gasteiger partial charge in [-0.15, -0.1) is 0 Å². The highest BCUT2D eigenvalue weighted by molar-refractivity contribution is 6.23. The van der Waals surface area contributed by atoms with Crippen LogP contribution in [0.4, 0.5) is 5.69 Å². The minimum Gasteiger partial charge on any atom is -0.455 e. The van der Waals surface area contributed by atoms with E-state index in [0.29, 0.717) is 11.3 Å². The van der Waals surface area contributed by atoms with Gasteiger partial charge < -0.3 is 8.98 Å². The molecule has 0 amide bonds. The summed E-state index contributed by atoms with van der Waals surface area (Å²) in [5, 5.41) is 13.7. The standard InChI is InChI=1S/C26H13N3O/c1-28-17-12-16(15-27)13-18(14-17)29-22-8-4-2-7-21(22)25-23(29)11-10-20-19-6-3-5-9-24(19)30-26(20)25/h2-14H. The summed E-state index contributed by atoms with van der Waals surface area (Å²) < 4.78 is 8.40. The van der Waals surface area contributed by atoms with Crippen molar-refractivity contribution in [3.05, 3.63) is 95.8 Å². The minimum absolute atomic E-state index is 0.444. The van der Waals surface area contributed by atoms with Gasteiger partial charge in [0.05, 0.1) is 29.1 Å². The Hall–Kier alpha value is -4.54. The number of hydrogen-bond acceptors (Lipinski definition) is 2. The van der Waals surface area contributed by atoms with E-state index in [9.17, 15) is 5.26 Å². The van der Waals surface area contributed by atoms with E-state index in [1.807, 2.05) is 42.5 Å². The van der Waals surface area contributed by atoms with Crippen LogP contribution in [-0.4, -0.2) is 4.57 Å². The molecule has 0 N–H and O–H groups in total. The van der Waals surface area contributed by atoms with E-state index >= 15 is 0 Å². The third-order valence-electron chi connectivity index (χ3n) is 5.60. The normalized spacial score (nSPS) is 11.3. The van der Waals surface area contributed by atoms with Gasteiger partial charge in [0.1, 0.15) is 11.2 Å². The van der Waals surface area contributed by atoms with Gasteiger partial charge in [0.2, 0.25) is 0 Å². The summed E-state index contributed by atoms with van der Waals surface area (Å²) in [5.74, 6) is 0. The summed E-state index contributed by atoms with van der Waals surface area (Å²) >= 11 is 0. The minimum atomic E-state index is 0.444. The Morgan fingerprint density at radius 1 is 0.833 bits per heavy atom. The number of fused-ring (bicyclic) bond motifs is 7. The number of para-hydroxylation sites is 2. The lowest BCUT2D eigenvalue weighted by Gasteiger charge is -2.09. The fourth-order valence-electron chi connectivity index (χ4n) is 4.37. The Balaban J connectivity index is 1.83. The van der Waals surface area contributed by atoms with Gasteiger partial charge in [0, 0.05) is 27.4 Å². The zero-order valence-corrected chi connectivity index (χ0v) is 15.8. The maximum absolute atomic E-state index is 9.45. The molecule has 4 aromatic carbocycles. The predicted octanol–water partition coefficient (Wildman–Crippen LogP) is 7.11. The van der Waals surface area contributed by atoms with Crippen LogP contribution in [-0.2, 0) is 0 Å². The van der Waals surface area contributed by atoms with Gasteiger partial charge in [-0.05, 0) is 42.5 Å². The first-order valence-electron chi connectivity index (χ1n) is 9.55. The second-order valence-electron chi connectivity index (χ2n) is 7.25. The summed E-state index contributed by atoms with van der Waals surface area (Å²) in [7, 11) is 0. The average Bonchev–Trinajstić information content (AvgIpc) is 3.34. The monoisotopic (exact) mass is 383 g/mol. The lowest BCUT2D eigenvalue weighted by atomic mass is 10.1. The molecule has 0 radical (unpaired) electrons. The lowest BCUT2D eigenvalue weighted by molar-refractivity contribution is 0.673.